The van der Waals surface area contributed by atoms with Gasteiger partial charge in [0.15, 0.2) is 6.10 Å². The molecule has 123 heavy (non-hydrogen) atoms. The molecule has 0 aliphatic rings. The van der Waals surface area contributed by atoms with E-state index in [9.17, 15) is 43.5 Å². The SMILES string of the molecule is CC/C=C\C/C=C\C/C=C\C/C=C\C/C=C\C/C=C\CCCCCCCCCCCCC(=O)OCC(COP(=O)(O)OCC(O)COP(=O)(O)OCC(O)COC(=O)CCCCCCCCCCCCCCCCCCCCC/C=C\C/C=C\C/C=C\C/C=C\CCCCC)OC(=O)CCCCCC/C=C\C/C=C\C/C=C\C/C=C\C/C=C\C/C=C\CC. The van der Waals surface area contributed by atoms with E-state index in [1.54, 1.807) is 0 Å². The quantitative estimate of drug-likeness (QED) is 0.0146. The van der Waals surface area contributed by atoms with Crippen LogP contribution >= 0.6 is 15.6 Å². The van der Waals surface area contributed by atoms with Gasteiger partial charge in [-0.25, -0.2) is 9.13 Å². The first-order valence-electron chi connectivity index (χ1n) is 48.7. The van der Waals surface area contributed by atoms with Gasteiger partial charge in [0.1, 0.15) is 25.4 Å². The number of phosphoric acid groups is 2. The third-order valence-electron chi connectivity index (χ3n) is 20.3. The van der Waals surface area contributed by atoms with E-state index >= 15 is 0 Å². The lowest BCUT2D eigenvalue weighted by Crippen LogP contribution is -2.30. The molecule has 5 atom stereocenters. The molecule has 0 rings (SSSR count). The predicted octanol–water partition coefficient (Wildman–Crippen LogP) is 30.6. The van der Waals surface area contributed by atoms with Crippen molar-refractivity contribution < 1.29 is 75.8 Å². The van der Waals surface area contributed by atoms with Crippen LogP contribution in [0.3, 0.4) is 0 Å². The summed E-state index contributed by atoms with van der Waals surface area (Å²) in [5.74, 6) is -1.61. The summed E-state index contributed by atoms with van der Waals surface area (Å²) in [7, 11) is -9.83. The van der Waals surface area contributed by atoms with Crippen molar-refractivity contribution in [2.24, 2.45) is 0 Å². The van der Waals surface area contributed by atoms with E-state index in [4.69, 9.17) is 32.3 Å². The number of carbonyl (C=O) groups excluding carboxylic acids is 3. The second kappa shape index (κ2) is 95.5. The maximum absolute atomic E-state index is 13.1. The van der Waals surface area contributed by atoms with Gasteiger partial charge in [0.25, 0.3) is 0 Å². The van der Waals surface area contributed by atoms with Crippen LogP contribution in [-0.4, -0.2) is 95.9 Å². The summed E-state index contributed by atoms with van der Waals surface area (Å²) in [6.07, 6.45) is 128. The highest BCUT2D eigenvalue weighted by atomic mass is 31.2. The normalized spacial score (nSPS) is 14.6. The molecule has 0 saturated heterocycles. The van der Waals surface area contributed by atoms with Crippen molar-refractivity contribution in [3.63, 3.8) is 0 Å². The topological polar surface area (TPSA) is 231 Å². The Morgan fingerprint density at radius 1 is 0.236 bits per heavy atom. The first kappa shape index (κ1) is 117. The third kappa shape index (κ3) is 96.9. The lowest BCUT2D eigenvalue weighted by Gasteiger charge is -2.21. The Bertz CT molecular complexity index is 3020. The first-order chi connectivity index (χ1) is 60.2. The Labute approximate surface area is 750 Å². The fraction of sp³-hybridized carbons (Fsp3) is 0.667. The van der Waals surface area contributed by atoms with Crippen LogP contribution in [0.1, 0.15) is 393 Å². The Morgan fingerprint density at radius 2 is 0.431 bits per heavy atom. The van der Waals surface area contributed by atoms with Gasteiger partial charge in [-0.15, -0.1) is 0 Å². The minimum atomic E-state index is -4.96. The largest absolute Gasteiger partial charge is 0.472 e. The molecule has 0 saturated carbocycles. The van der Waals surface area contributed by atoms with E-state index in [0.29, 0.717) is 19.3 Å². The van der Waals surface area contributed by atoms with Crippen LogP contribution in [0.25, 0.3) is 0 Å². The van der Waals surface area contributed by atoms with E-state index in [2.05, 4.69) is 215 Å². The highest BCUT2D eigenvalue weighted by Crippen LogP contribution is 2.45. The summed E-state index contributed by atoms with van der Waals surface area (Å²) in [6, 6.07) is 0. The lowest BCUT2D eigenvalue weighted by molar-refractivity contribution is -0.161. The molecule has 0 radical (unpaired) electrons. The number of unbranched alkanes of at least 4 members (excludes halogenated alkanes) is 36. The van der Waals surface area contributed by atoms with E-state index in [-0.39, 0.29) is 19.3 Å². The van der Waals surface area contributed by atoms with Crippen LogP contribution in [0.5, 0.6) is 0 Å². The average molecular weight is 1760 g/mol. The number of aliphatic hydroxyl groups is 2. The van der Waals surface area contributed by atoms with E-state index in [1.165, 1.54) is 161 Å². The third-order valence-corrected chi connectivity index (χ3v) is 22.2. The van der Waals surface area contributed by atoms with Gasteiger partial charge in [-0.3, -0.25) is 32.5 Å². The number of esters is 3. The van der Waals surface area contributed by atoms with E-state index < -0.39 is 91.5 Å². The van der Waals surface area contributed by atoms with Gasteiger partial charge >= 0.3 is 33.6 Å². The summed E-state index contributed by atoms with van der Waals surface area (Å²) < 4.78 is 61.5. The molecule has 0 fully saturated rings. The summed E-state index contributed by atoms with van der Waals surface area (Å²) in [5.41, 5.74) is 0. The minimum absolute atomic E-state index is 0.0671. The zero-order chi connectivity index (χ0) is 89.3. The number of allylic oxidation sites excluding steroid dienone is 32. The number of hydrogen-bond donors (Lipinski definition) is 4. The second-order valence-corrected chi connectivity index (χ2v) is 35.0. The van der Waals surface area contributed by atoms with Gasteiger partial charge in [-0.05, 0) is 167 Å². The van der Waals surface area contributed by atoms with Gasteiger partial charge in [0.05, 0.1) is 26.4 Å². The van der Waals surface area contributed by atoms with Crippen LogP contribution in [0, 0.1) is 0 Å². The molecule has 4 N–H and O–H groups in total. The Balaban J connectivity index is 4.59. The Hall–Kier alpha value is -5.61. The van der Waals surface area contributed by atoms with Crippen molar-refractivity contribution in [1.82, 2.24) is 0 Å². The maximum Gasteiger partial charge on any atom is 0.472 e. The number of hydrogen-bond acceptors (Lipinski definition) is 14. The summed E-state index contributed by atoms with van der Waals surface area (Å²) in [6.45, 7) is 2.43. The summed E-state index contributed by atoms with van der Waals surface area (Å²) >= 11 is 0. The van der Waals surface area contributed by atoms with Crippen molar-refractivity contribution in [3.05, 3.63) is 194 Å². The zero-order valence-electron chi connectivity index (χ0n) is 77.5. The molecular weight excluding hydrogens is 1580 g/mol. The minimum Gasteiger partial charge on any atom is -0.463 e. The van der Waals surface area contributed by atoms with Gasteiger partial charge in [0.2, 0.25) is 0 Å². The van der Waals surface area contributed by atoms with Crippen LogP contribution in [0.15, 0.2) is 194 Å². The van der Waals surface area contributed by atoms with Crippen molar-refractivity contribution >= 4 is 33.6 Å². The smallest absolute Gasteiger partial charge is 0.463 e. The summed E-state index contributed by atoms with van der Waals surface area (Å²) in [5, 5.41) is 20.8. The fourth-order valence-electron chi connectivity index (χ4n) is 13.0. The molecule has 18 heteroatoms. The molecule has 0 spiro atoms. The first-order valence-corrected chi connectivity index (χ1v) is 51.7. The molecule has 0 aromatic rings. The molecule has 0 aliphatic heterocycles. The standard InChI is InChI=1S/C105H176O16P2/c1-4-7-10-13-16-19-22-25-28-31-34-37-40-42-44-46-47-48-49-50-51-53-55-56-59-61-64-67-70-73-76-79-82-85-88-91-103(108)115-94-100(106)95-117-122(111,112)118-96-101(107)97-119-123(113,114)120-99-102(121-105(110)93-90-87-84-81-78-75-72-69-66-63-58-39-36-33-30-27-24-21-18-15-12-9-6-3)98-116-104(109)92-89-86-83-80-77-74-71-68-65-62-60-57-54-52-45-43-41-38-35-32-29-26-23-20-17-14-11-8-5-2/h8-9,11-12,16-21,25-30,34-39,42-45,54,57,63,66,72,75,100-102,106-107H,4-7,10,13-15,22-24,31-33,40-41,46-53,55-56,58-62,64-65,67-71,73-74,76-99H2,1-3H3,(H,111,112)(H,113,114)/b11-8-,12-9-,19-16-,20-17-,21-18-,28-25-,29-26-,30-27-,37-34-,38-35-,39-36-,44-42-,45-43-,57-54-,66-63-,75-72-. The number of carbonyl (C=O) groups is 3. The van der Waals surface area contributed by atoms with Crippen molar-refractivity contribution in [2.45, 2.75) is 411 Å². The number of phosphoric ester groups is 2. The Morgan fingerprint density at radius 3 is 0.683 bits per heavy atom. The second-order valence-electron chi connectivity index (χ2n) is 32.1. The molecule has 0 aliphatic carbocycles. The van der Waals surface area contributed by atoms with Crippen LogP contribution in [0.4, 0.5) is 0 Å². The maximum atomic E-state index is 13.1. The predicted molar refractivity (Wildman–Crippen MR) is 518 cm³/mol. The van der Waals surface area contributed by atoms with Crippen LogP contribution in [0.2, 0.25) is 0 Å². The van der Waals surface area contributed by atoms with Crippen LogP contribution < -0.4 is 0 Å². The monoisotopic (exact) mass is 1760 g/mol. The Kier molecular flexibility index (Phi) is 91.1. The molecule has 16 nitrogen and oxygen atoms in total. The van der Waals surface area contributed by atoms with Crippen molar-refractivity contribution in [1.29, 1.82) is 0 Å². The lowest BCUT2D eigenvalue weighted by atomic mass is 10.0. The highest BCUT2D eigenvalue weighted by Gasteiger charge is 2.30. The van der Waals surface area contributed by atoms with E-state index in [1.807, 2.05) is 0 Å². The van der Waals surface area contributed by atoms with Gasteiger partial charge < -0.3 is 34.2 Å². The molecule has 702 valence electrons. The fourth-order valence-corrected chi connectivity index (χ4v) is 14.6. The molecule has 0 bridgehead atoms. The highest BCUT2D eigenvalue weighted by molar-refractivity contribution is 7.47. The van der Waals surface area contributed by atoms with Crippen molar-refractivity contribution in [3.8, 4) is 0 Å². The molecule has 0 aromatic carbocycles. The number of aliphatic hydroxyl groups excluding tert-OH is 2. The van der Waals surface area contributed by atoms with Gasteiger partial charge in [-0.1, -0.05) is 401 Å². The van der Waals surface area contributed by atoms with Crippen LogP contribution in [-0.2, 0) is 55.8 Å². The number of rotatable bonds is 91. The molecule has 0 heterocycles. The molecule has 5 unspecified atom stereocenters. The van der Waals surface area contributed by atoms with Crippen molar-refractivity contribution in [2.75, 3.05) is 39.6 Å². The summed E-state index contributed by atoms with van der Waals surface area (Å²) in [4.78, 5) is 59.1. The number of ether oxygens (including phenoxy) is 3. The zero-order valence-corrected chi connectivity index (χ0v) is 79.3. The molecule has 0 amide bonds. The van der Waals surface area contributed by atoms with Gasteiger partial charge in [0, 0.05) is 19.3 Å². The van der Waals surface area contributed by atoms with Gasteiger partial charge in [-0.2, -0.15) is 0 Å². The average Bonchev–Trinajstić information content (AvgIpc) is 0.898. The molecule has 0 aromatic heterocycles. The molecular formula is C105H176O16P2. The van der Waals surface area contributed by atoms with E-state index in [0.717, 1.165) is 173 Å².